The summed E-state index contributed by atoms with van der Waals surface area (Å²) in [5.74, 6) is 0.201. The molecular weight excluding hydrogens is 502 g/mol. The largest absolute Gasteiger partial charge is 0.484 e. The SMILES string of the molecule is O=C(COc1ccccc1)Nc1cccc(SC(C(=O)Nc2nc3ccccc3s2)c2ccccc2)c1. The Kier molecular flexibility index (Phi) is 7.78. The zero-order valence-corrected chi connectivity index (χ0v) is 21.3. The Bertz CT molecular complexity index is 1470. The molecule has 1 heterocycles. The van der Waals surface area contributed by atoms with Crippen LogP contribution >= 0.6 is 23.1 Å². The van der Waals surface area contributed by atoms with E-state index in [1.165, 1.54) is 23.1 Å². The van der Waals surface area contributed by atoms with Crippen LogP contribution in [0.15, 0.2) is 114 Å². The molecule has 8 heteroatoms. The number of para-hydroxylation sites is 2. The molecule has 0 aliphatic carbocycles. The van der Waals surface area contributed by atoms with Crippen molar-refractivity contribution >= 4 is 55.9 Å². The Balaban J connectivity index is 1.29. The van der Waals surface area contributed by atoms with Gasteiger partial charge >= 0.3 is 0 Å². The molecule has 1 unspecified atom stereocenters. The van der Waals surface area contributed by atoms with Gasteiger partial charge in [-0.15, -0.1) is 11.8 Å². The number of ether oxygens (including phenoxy) is 1. The van der Waals surface area contributed by atoms with Crippen LogP contribution in [0.1, 0.15) is 10.8 Å². The van der Waals surface area contributed by atoms with Crippen LogP contribution in [0.4, 0.5) is 10.8 Å². The van der Waals surface area contributed by atoms with Crippen LogP contribution in [0.5, 0.6) is 5.75 Å². The van der Waals surface area contributed by atoms with Crippen LogP contribution in [0.25, 0.3) is 10.2 Å². The molecule has 4 aromatic carbocycles. The molecule has 0 fully saturated rings. The van der Waals surface area contributed by atoms with Crippen LogP contribution in [0.3, 0.4) is 0 Å². The van der Waals surface area contributed by atoms with Gasteiger partial charge in [0.1, 0.15) is 11.0 Å². The summed E-state index contributed by atoms with van der Waals surface area (Å²) in [5.41, 5.74) is 2.35. The van der Waals surface area contributed by atoms with E-state index in [1.807, 2.05) is 97.1 Å². The predicted octanol–water partition coefficient (Wildman–Crippen LogP) is 6.79. The number of thiazole rings is 1. The molecule has 5 aromatic rings. The highest BCUT2D eigenvalue weighted by atomic mass is 32.2. The van der Waals surface area contributed by atoms with Crippen molar-refractivity contribution in [3.05, 3.63) is 115 Å². The summed E-state index contributed by atoms with van der Waals surface area (Å²) < 4.78 is 6.54. The van der Waals surface area contributed by atoms with Crippen molar-refractivity contribution in [3.63, 3.8) is 0 Å². The number of carbonyl (C=O) groups is 2. The number of nitrogens with one attached hydrogen (secondary N) is 2. The summed E-state index contributed by atoms with van der Waals surface area (Å²) >= 11 is 2.85. The quantitative estimate of drug-likeness (QED) is 0.207. The molecule has 0 bridgehead atoms. The lowest BCUT2D eigenvalue weighted by molar-refractivity contribution is -0.118. The van der Waals surface area contributed by atoms with E-state index in [9.17, 15) is 9.59 Å². The van der Waals surface area contributed by atoms with E-state index in [2.05, 4.69) is 15.6 Å². The van der Waals surface area contributed by atoms with Crippen molar-refractivity contribution in [1.82, 2.24) is 4.98 Å². The standard InChI is InChI=1S/C29H23N3O3S2/c33-26(19-35-22-13-5-2-6-14-22)30-21-12-9-15-23(18-21)36-27(20-10-3-1-4-11-20)28(34)32-29-31-24-16-7-8-17-25(24)37-29/h1-18,27H,19H2,(H,30,33)(H,31,32,34). The maximum Gasteiger partial charge on any atom is 0.262 e. The lowest BCUT2D eigenvalue weighted by Crippen LogP contribution is -2.20. The molecule has 1 atom stereocenters. The normalized spacial score (nSPS) is 11.6. The fraction of sp³-hybridized carbons (Fsp3) is 0.0690. The number of hydrogen-bond donors (Lipinski definition) is 2. The smallest absolute Gasteiger partial charge is 0.262 e. The topological polar surface area (TPSA) is 80.3 Å². The summed E-state index contributed by atoms with van der Waals surface area (Å²) in [6, 6.07) is 34.0. The second kappa shape index (κ2) is 11.7. The van der Waals surface area contributed by atoms with E-state index >= 15 is 0 Å². The molecular formula is C29H23N3O3S2. The second-order valence-corrected chi connectivity index (χ2v) is 10.3. The highest BCUT2D eigenvalue weighted by Crippen LogP contribution is 2.38. The van der Waals surface area contributed by atoms with Gasteiger partial charge in [-0.1, -0.05) is 78.1 Å². The number of aromatic nitrogens is 1. The van der Waals surface area contributed by atoms with Crippen LogP contribution in [-0.4, -0.2) is 23.4 Å². The summed E-state index contributed by atoms with van der Waals surface area (Å²) in [7, 11) is 0. The molecule has 0 radical (unpaired) electrons. The van der Waals surface area contributed by atoms with E-state index in [4.69, 9.17) is 4.74 Å². The van der Waals surface area contributed by atoms with Gasteiger partial charge in [-0.3, -0.25) is 9.59 Å². The van der Waals surface area contributed by atoms with Crippen molar-refractivity contribution in [2.24, 2.45) is 0 Å². The lowest BCUT2D eigenvalue weighted by atomic mass is 10.1. The van der Waals surface area contributed by atoms with Gasteiger partial charge in [-0.05, 0) is 48.0 Å². The summed E-state index contributed by atoms with van der Waals surface area (Å²) in [4.78, 5) is 31.2. The fourth-order valence-electron chi connectivity index (χ4n) is 3.64. The average molecular weight is 526 g/mol. The van der Waals surface area contributed by atoms with E-state index in [0.717, 1.165) is 20.7 Å². The molecule has 2 amide bonds. The molecule has 5 rings (SSSR count). The number of nitrogens with zero attached hydrogens (tertiary/aromatic N) is 1. The Labute approximate surface area is 222 Å². The third kappa shape index (κ3) is 6.55. The van der Waals surface area contributed by atoms with Crippen molar-refractivity contribution in [2.45, 2.75) is 10.1 Å². The Hall–Kier alpha value is -4.14. The van der Waals surface area contributed by atoms with Gasteiger partial charge < -0.3 is 15.4 Å². The van der Waals surface area contributed by atoms with E-state index in [1.54, 1.807) is 12.1 Å². The molecule has 6 nitrogen and oxygen atoms in total. The van der Waals surface area contributed by atoms with Crippen LogP contribution in [0.2, 0.25) is 0 Å². The number of thioether (sulfide) groups is 1. The first-order valence-electron chi connectivity index (χ1n) is 11.6. The van der Waals surface area contributed by atoms with Crippen molar-refractivity contribution < 1.29 is 14.3 Å². The number of hydrogen-bond acceptors (Lipinski definition) is 6. The third-order valence-electron chi connectivity index (χ3n) is 5.35. The average Bonchev–Trinajstić information content (AvgIpc) is 3.34. The van der Waals surface area contributed by atoms with Crippen molar-refractivity contribution in [3.8, 4) is 5.75 Å². The zero-order chi connectivity index (χ0) is 25.5. The molecule has 2 N–H and O–H groups in total. The number of rotatable bonds is 9. The van der Waals surface area contributed by atoms with E-state index in [0.29, 0.717) is 16.6 Å². The summed E-state index contributed by atoms with van der Waals surface area (Å²) in [6.07, 6.45) is 0. The molecule has 0 aliphatic heterocycles. The van der Waals surface area contributed by atoms with Crippen LogP contribution in [0, 0.1) is 0 Å². The summed E-state index contributed by atoms with van der Waals surface area (Å²) in [6.45, 7) is -0.0986. The number of amides is 2. The van der Waals surface area contributed by atoms with Gasteiger partial charge in [0.05, 0.1) is 10.2 Å². The van der Waals surface area contributed by atoms with Gasteiger partial charge in [-0.25, -0.2) is 4.98 Å². The zero-order valence-electron chi connectivity index (χ0n) is 19.7. The van der Waals surface area contributed by atoms with Crippen LogP contribution in [-0.2, 0) is 9.59 Å². The van der Waals surface area contributed by atoms with Crippen LogP contribution < -0.4 is 15.4 Å². The first kappa shape index (κ1) is 24.5. The van der Waals surface area contributed by atoms with E-state index in [-0.39, 0.29) is 18.4 Å². The predicted molar refractivity (Wildman–Crippen MR) is 150 cm³/mol. The molecule has 0 saturated carbocycles. The number of benzene rings is 4. The third-order valence-corrected chi connectivity index (χ3v) is 7.55. The lowest BCUT2D eigenvalue weighted by Gasteiger charge is -2.17. The Morgan fingerprint density at radius 2 is 1.57 bits per heavy atom. The maximum absolute atomic E-state index is 13.4. The van der Waals surface area contributed by atoms with Gasteiger partial charge in [-0.2, -0.15) is 0 Å². The van der Waals surface area contributed by atoms with Crippen molar-refractivity contribution in [2.75, 3.05) is 17.2 Å². The second-order valence-electron chi connectivity index (χ2n) is 8.06. The Morgan fingerprint density at radius 1 is 0.838 bits per heavy atom. The first-order valence-corrected chi connectivity index (χ1v) is 13.3. The Morgan fingerprint density at radius 3 is 2.35 bits per heavy atom. The minimum Gasteiger partial charge on any atom is -0.484 e. The molecule has 37 heavy (non-hydrogen) atoms. The molecule has 184 valence electrons. The van der Waals surface area contributed by atoms with Crippen molar-refractivity contribution in [1.29, 1.82) is 0 Å². The molecule has 1 aromatic heterocycles. The first-order chi connectivity index (χ1) is 18.1. The minimum absolute atomic E-state index is 0.0986. The molecule has 0 saturated heterocycles. The van der Waals surface area contributed by atoms with E-state index < -0.39 is 5.25 Å². The van der Waals surface area contributed by atoms with Gasteiger partial charge in [0.2, 0.25) is 5.91 Å². The van der Waals surface area contributed by atoms with Gasteiger partial charge in [0.15, 0.2) is 11.7 Å². The number of carbonyl (C=O) groups excluding carboxylic acids is 2. The number of fused-ring (bicyclic) bond motifs is 1. The summed E-state index contributed by atoms with van der Waals surface area (Å²) in [5, 5.41) is 5.90. The maximum atomic E-state index is 13.4. The molecule has 0 spiro atoms. The fourth-order valence-corrected chi connectivity index (χ4v) is 5.60. The van der Waals surface area contributed by atoms with Gasteiger partial charge in [0, 0.05) is 10.6 Å². The van der Waals surface area contributed by atoms with Gasteiger partial charge in [0.25, 0.3) is 5.91 Å². The number of anilines is 2. The highest BCUT2D eigenvalue weighted by Gasteiger charge is 2.23. The monoisotopic (exact) mass is 525 g/mol. The molecule has 0 aliphatic rings. The minimum atomic E-state index is -0.513. The highest BCUT2D eigenvalue weighted by molar-refractivity contribution is 8.00.